The van der Waals surface area contributed by atoms with Gasteiger partial charge in [0.2, 0.25) is 11.5 Å². The minimum absolute atomic E-state index is 0.117. The zero-order valence-corrected chi connectivity index (χ0v) is 12.3. The maximum absolute atomic E-state index is 12.3. The van der Waals surface area contributed by atoms with E-state index in [0.29, 0.717) is 11.4 Å². The first-order chi connectivity index (χ1) is 10.0. The predicted molar refractivity (Wildman–Crippen MR) is 81.7 cm³/mol. The normalized spacial score (nSPS) is 11.8. The number of carbonyl (C=O) groups is 1. The lowest BCUT2D eigenvalue weighted by Crippen LogP contribution is -2.21. The summed E-state index contributed by atoms with van der Waals surface area (Å²) in [7, 11) is 3.23. The lowest BCUT2D eigenvalue weighted by molar-refractivity contribution is -0.117. The smallest absolute Gasteiger partial charge is 0.250 e. The highest BCUT2D eigenvalue weighted by Gasteiger charge is 2.16. The monoisotopic (exact) mass is 286 g/mol. The molecule has 110 valence electrons. The highest BCUT2D eigenvalue weighted by molar-refractivity contribution is 5.95. The van der Waals surface area contributed by atoms with Gasteiger partial charge in [-0.15, -0.1) is 0 Å². The molecule has 5 nitrogen and oxygen atoms in total. The first-order valence-electron chi connectivity index (χ1n) is 6.63. The van der Waals surface area contributed by atoms with Gasteiger partial charge in [-0.25, -0.2) is 0 Å². The van der Waals surface area contributed by atoms with Gasteiger partial charge in [0, 0.05) is 19.3 Å². The van der Waals surface area contributed by atoms with Crippen molar-refractivity contribution < 1.29 is 9.53 Å². The van der Waals surface area contributed by atoms with Gasteiger partial charge < -0.3 is 14.6 Å². The number of pyridine rings is 1. The Morgan fingerprint density at radius 1 is 1.29 bits per heavy atom. The van der Waals surface area contributed by atoms with Crippen LogP contribution in [-0.4, -0.2) is 17.6 Å². The second-order valence-electron chi connectivity index (χ2n) is 4.85. The maximum Gasteiger partial charge on any atom is 0.250 e. The van der Waals surface area contributed by atoms with Crippen LogP contribution in [0.5, 0.6) is 5.75 Å². The molecule has 1 aromatic carbocycles. The fourth-order valence-electron chi connectivity index (χ4n) is 1.98. The molecular weight excluding hydrogens is 268 g/mol. The number of aromatic nitrogens is 1. The molecule has 0 aliphatic carbocycles. The number of carbonyl (C=O) groups excluding carboxylic acids is 1. The van der Waals surface area contributed by atoms with Crippen LogP contribution in [0.25, 0.3) is 0 Å². The minimum Gasteiger partial charge on any atom is -0.497 e. The van der Waals surface area contributed by atoms with E-state index in [9.17, 15) is 9.59 Å². The highest BCUT2D eigenvalue weighted by Crippen LogP contribution is 2.21. The third-order valence-electron chi connectivity index (χ3n) is 3.34. The number of nitrogens with one attached hydrogen (secondary N) is 1. The molecule has 1 amide bonds. The van der Waals surface area contributed by atoms with Gasteiger partial charge in [-0.2, -0.15) is 0 Å². The molecule has 1 atom stereocenters. The predicted octanol–water partition coefficient (Wildman–Crippen LogP) is 2.14. The fourth-order valence-corrected chi connectivity index (χ4v) is 1.98. The van der Waals surface area contributed by atoms with Crippen LogP contribution in [0.3, 0.4) is 0 Å². The summed E-state index contributed by atoms with van der Waals surface area (Å²) in [6.07, 6.45) is 1.60. The van der Waals surface area contributed by atoms with Gasteiger partial charge in [0.25, 0.3) is 0 Å². The van der Waals surface area contributed by atoms with Crippen molar-refractivity contribution in [2.24, 2.45) is 7.05 Å². The third-order valence-corrected chi connectivity index (χ3v) is 3.34. The summed E-state index contributed by atoms with van der Waals surface area (Å²) in [5.41, 5.74) is 1.35. The lowest BCUT2D eigenvalue weighted by Gasteiger charge is -2.14. The summed E-state index contributed by atoms with van der Waals surface area (Å²) in [5, 5.41) is 2.81. The molecule has 1 N–H and O–H groups in total. The Kier molecular flexibility index (Phi) is 4.42. The van der Waals surface area contributed by atoms with Crippen molar-refractivity contribution >= 4 is 11.6 Å². The second-order valence-corrected chi connectivity index (χ2v) is 4.85. The van der Waals surface area contributed by atoms with Gasteiger partial charge in [-0.1, -0.05) is 12.1 Å². The van der Waals surface area contributed by atoms with Crippen LogP contribution in [0.15, 0.2) is 47.4 Å². The van der Waals surface area contributed by atoms with E-state index in [4.69, 9.17) is 4.74 Å². The molecule has 2 rings (SSSR count). The van der Waals surface area contributed by atoms with Crippen molar-refractivity contribution in [3.05, 3.63) is 58.5 Å². The van der Waals surface area contributed by atoms with E-state index in [0.717, 1.165) is 5.56 Å². The van der Waals surface area contributed by atoms with Crippen molar-refractivity contribution in [2.45, 2.75) is 12.8 Å². The first-order valence-corrected chi connectivity index (χ1v) is 6.63. The number of hydrogen-bond donors (Lipinski definition) is 1. The molecule has 0 fully saturated rings. The summed E-state index contributed by atoms with van der Waals surface area (Å²) >= 11 is 0. The SMILES string of the molecule is COc1cccc([C@H](C)C(=O)Nc2ccc(=O)n(C)c2)c1. The Labute approximate surface area is 123 Å². The quantitative estimate of drug-likeness (QED) is 0.936. The summed E-state index contributed by atoms with van der Waals surface area (Å²) in [4.78, 5) is 23.6. The van der Waals surface area contributed by atoms with Crippen molar-refractivity contribution in [3.8, 4) is 5.75 Å². The molecule has 1 aromatic heterocycles. The summed E-state index contributed by atoms with van der Waals surface area (Å²) < 4.78 is 6.58. The van der Waals surface area contributed by atoms with Gasteiger partial charge in [0.05, 0.1) is 18.7 Å². The van der Waals surface area contributed by atoms with E-state index in [1.807, 2.05) is 31.2 Å². The molecule has 2 aromatic rings. The van der Waals surface area contributed by atoms with Crippen LogP contribution in [0.1, 0.15) is 18.4 Å². The molecule has 0 bridgehead atoms. The standard InChI is InChI=1S/C16H18N2O3/c1-11(12-5-4-6-14(9-12)21-3)16(20)17-13-7-8-15(19)18(2)10-13/h4-11H,1-3H3,(H,17,20)/t11-/m0/s1. The Morgan fingerprint density at radius 3 is 2.71 bits per heavy atom. The van der Waals surface area contributed by atoms with Gasteiger partial charge in [0.1, 0.15) is 5.75 Å². The number of hydrogen-bond acceptors (Lipinski definition) is 3. The first kappa shape index (κ1) is 14.8. The zero-order valence-electron chi connectivity index (χ0n) is 12.3. The minimum atomic E-state index is -0.322. The molecule has 21 heavy (non-hydrogen) atoms. The topological polar surface area (TPSA) is 60.3 Å². The molecule has 0 unspecified atom stereocenters. The molecular formula is C16H18N2O3. The van der Waals surface area contributed by atoms with Crippen LogP contribution >= 0.6 is 0 Å². The summed E-state index contributed by atoms with van der Waals surface area (Å²) in [6.45, 7) is 1.83. The number of aryl methyl sites for hydroxylation is 1. The number of amides is 1. The largest absolute Gasteiger partial charge is 0.497 e. The van der Waals surface area contributed by atoms with Crippen molar-refractivity contribution in [2.75, 3.05) is 12.4 Å². The van der Waals surface area contributed by atoms with E-state index in [1.165, 1.54) is 10.6 Å². The van der Waals surface area contributed by atoms with Crippen molar-refractivity contribution in [1.29, 1.82) is 0 Å². The fraction of sp³-hybridized carbons (Fsp3) is 0.250. The molecule has 0 aliphatic heterocycles. The number of benzene rings is 1. The number of methoxy groups -OCH3 is 1. The summed E-state index contributed by atoms with van der Waals surface area (Å²) in [6, 6.07) is 10.4. The van der Waals surface area contributed by atoms with Crippen LogP contribution in [0.2, 0.25) is 0 Å². The van der Waals surface area contributed by atoms with Crippen LogP contribution in [-0.2, 0) is 11.8 Å². The van der Waals surface area contributed by atoms with Gasteiger partial charge >= 0.3 is 0 Å². The number of anilines is 1. The van der Waals surface area contributed by atoms with E-state index in [-0.39, 0.29) is 17.4 Å². The van der Waals surface area contributed by atoms with Gasteiger partial charge in [-0.3, -0.25) is 9.59 Å². The maximum atomic E-state index is 12.3. The average Bonchev–Trinajstić information content (AvgIpc) is 2.50. The van der Waals surface area contributed by atoms with Crippen LogP contribution in [0.4, 0.5) is 5.69 Å². The highest BCUT2D eigenvalue weighted by atomic mass is 16.5. The number of nitrogens with zero attached hydrogens (tertiary/aromatic N) is 1. The Balaban J connectivity index is 2.15. The van der Waals surface area contributed by atoms with Crippen LogP contribution < -0.4 is 15.6 Å². The second kappa shape index (κ2) is 6.26. The molecule has 5 heteroatoms. The Bertz CT molecular complexity index is 707. The van der Waals surface area contributed by atoms with Gasteiger partial charge in [0.15, 0.2) is 0 Å². The molecule has 0 saturated heterocycles. The number of rotatable bonds is 4. The Hall–Kier alpha value is -2.56. The Morgan fingerprint density at radius 2 is 2.05 bits per heavy atom. The van der Waals surface area contributed by atoms with E-state index < -0.39 is 0 Å². The van der Waals surface area contributed by atoms with Crippen LogP contribution in [0, 0.1) is 0 Å². The molecule has 0 radical (unpaired) electrons. The van der Waals surface area contributed by atoms with E-state index in [2.05, 4.69) is 5.32 Å². The third kappa shape index (κ3) is 3.51. The van der Waals surface area contributed by atoms with Crippen molar-refractivity contribution in [1.82, 2.24) is 4.57 Å². The number of ether oxygens (including phenoxy) is 1. The zero-order chi connectivity index (χ0) is 15.4. The average molecular weight is 286 g/mol. The van der Waals surface area contributed by atoms with Crippen molar-refractivity contribution in [3.63, 3.8) is 0 Å². The lowest BCUT2D eigenvalue weighted by atomic mass is 10.00. The van der Waals surface area contributed by atoms with E-state index in [1.54, 1.807) is 26.4 Å². The molecule has 0 saturated carbocycles. The molecule has 1 heterocycles. The van der Waals surface area contributed by atoms with E-state index >= 15 is 0 Å². The summed E-state index contributed by atoms with van der Waals surface area (Å²) in [5.74, 6) is 0.258. The van der Waals surface area contributed by atoms with Gasteiger partial charge in [-0.05, 0) is 30.7 Å². The molecule has 0 aliphatic rings. The molecule has 0 spiro atoms.